The van der Waals surface area contributed by atoms with Crippen molar-refractivity contribution >= 4 is 11.5 Å². The van der Waals surface area contributed by atoms with Crippen LogP contribution >= 0.6 is 0 Å². The van der Waals surface area contributed by atoms with Gasteiger partial charge in [0, 0.05) is 24.7 Å². The molecule has 0 amide bonds. The topological polar surface area (TPSA) is 50.3 Å². The molecule has 6 heteroatoms. The number of benzene rings is 1. The molecule has 1 aromatic heterocycles. The lowest BCUT2D eigenvalue weighted by atomic mass is 10.1. The molecule has 4 rings (SSSR count). The molecule has 2 aliphatic heterocycles. The number of hydrogen-bond acceptors (Lipinski definition) is 5. The van der Waals surface area contributed by atoms with E-state index in [4.69, 9.17) is 4.74 Å². The quantitative estimate of drug-likeness (QED) is 0.924. The summed E-state index contributed by atoms with van der Waals surface area (Å²) in [4.78, 5) is 2.37. The van der Waals surface area contributed by atoms with Gasteiger partial charge in [-0.15, -0.1) is 10.2 Å². The van der Waals surface area contributed by atoms with Crippen molar-refractivity contribution in [2.24, 2.45) is 0 Å². The van der Waals surface area contributed by atoms with Crippen LogP contribution in [0.3, 0.4) is 0 Å². The number of rotatable bonds is 2. The number of nitrogens with one attached hydrogen (secondary N) is 1. The van der Waals surface area contributed by atoms with Crippen molar-refractivity contribution in [3.8, 4) is 17.0 Å². The third-order valence-electron chi connectivity index (χ3n) is 4.41. The fourth-order valence-electron chi connectivity index (χ4n) is 3.36. The second kappa shape index (κ2) is 5.12. The molecule has 1 saturated heterocycles. The van der Waals surface area contributed by atoms with Crippen LogP contribution in [0, 0.1) is 5.82 Å². The second-order valence-corrected chi connectivity index (χ2v) is 5.65. The molecule has 0 spiro atoms. The summed E-state index contributed by atoms with van der Waals surface area (Å²) in [5.74, 6) is 0.618. The monoisotopic (exact) mass is 300 g/mol. The highest BCUT2D eigenvalue weighted by atomic mass is 19.1. The summed E-state index contributed by atoms with van der Waals surface area (Å²) in [6.45, 7) is 1.94. The standard InChI is InChI=1S/C16H17FN4O/c1-22-15-11(5-2-6-12(15)17)13-8-14-16(20-19-13)18-9-10-4-3-7-21(10)14/h2,5-6,8,10H,3-4,7,9H2,1H3,(H,18,20). The first-order valence-corrected chi connectivity index (χ1v) is 7.49. The first-order valence-electron chi connectivity index (χ1n) is 7.49. The summed E-state index contributed by atoms with van der Waals surface area (Å²) in [6, 6.07) is 7.33. The average molecular weight is 300 g/mol. The summed E-state index contributed by atoms with van der Waals surface area (Å²) in [7, 11) is 1.46. The Hall–Kier alpha value is -2.37. The highest BCUT2D eigenvalue weighted by Crippen LogP contribution is 2.38. The van der Waals surface area contributed by atoms with Crippen LogP contribution in [-0.4, -0.2) is 36.4 Å². The summed E-state index contributed by atoms with van der Waals surface area (Å²) in [5, 5.41) is 11.9. The van der Waals surface area contributed by atoms with E-state index >= 15 is 0 Å². The van der Waals surface area contributed by atoms with Crippen LogP contribution in [0.2, 0.25) is 0 Å². The van der Waals surface area contributed by atoms with Gasteiger partial charge in [0.1, 0.15) is 0 Å². The molecule has 0 aliphatic carbocycles. The van der Waals surface area contributed by atoms with E-state index in [1.54, 1.807) is 12.1 Å². The Kier molecular flexibility index (Phi) is 3.10. The number of nitrogens with zero attached hydrogens (tertiary/aromatic N) is 3. The zero-order valence-electron chi connectivity index (χ0n) is 12.3. The van der Waals surface area contributed by atoms with Gasteiger partial charge in [-0.1, -0.05) is 6.07 Å². The Balaban J connectivity index is 1.82. The highest BCUT2D eigenvalue weighted by Gasteiger charge is 2.31. The molecule has 2 aliphatic rings. The fraction of sp³-hybridized carbons (Fsp3) is 0.375. The molecule has 5 nitrogen and oxygen atoms in total. The molecule has 1 unspecified atom stereocenters. The first-order chi connectivity index (χ1) is 10.8. The van der Waals surface area contributed by atoms with Gasteiger partial charge in [-0.05, 0) is 31.0 Å². The molecule has 1 N–H and O–H groups in total. The predicted molar refractivity (Wildman–Crippen MR) is 82.8 cm³/mol. The Bertz CT molecular complexity index is 721. The minimum atomic E-state index is -0.392. The number of ether oxygens (including phenoxy) is 1. The molecule has 1 aromatic carbocycles. The van der Waals surface area contributed by atoms with Gasteiger partial charge in [0.05, 0.1) is 18.5 Å². The number of aromatic nitrogens is 2. The number of halogens is 1. The molecule has 0 radical (unpaired) electrons. The molecule has 0 saturated carbocycles. The molecular weight excluding hydrogens is 283 g/mol. The average Bonchev–Trinajstić information content (AvgIpc) is 3.03. The van der Waals surface area contributed by atoms with Gasteiger partial charge in [-0.25, -0.2) is 4.39 Å². The second-order valence-electron chi connectivity index (χ2n) is 5.65. The molecule has 0 bridgehead atoms. The van der Waals surface area contributed by atoms with Gasteiger partial charge >= 0.3 is 0 Å². The van der Waals surface area contributed by atoms with E-state index < -0.39 is 5.82 Å². The molecule has 2 aromatic rings. The van der Waals surface area contributed by atoms with Gasteiger partial charge in [-0.3, -0.25) is 0 Å². The van der Waals surface area contributed by atoms with Crippen LogP contribution in [0.4, 0.5) is 15.9 Å². The Morgan fingerprint density at radius 3 is 3.14 bits per heavy atom. The lowest BCUT2D eigenvalue weighted by Gasteiger charge is -2.33. The zero-order chi connectivity index (χ0) is 15.1. The Morgan fingerprint density at radius 2 is 2.27 bits per heavy atom. The predicted octanol–water partition coefficient (Wildman–Crippen LogP) is 2.69. The third kappa shape index (κ3) is 1.98. The van der Waals surface area contributed by atoms with Crippen LogP contribution < -0.4 is 15.0 Å². The van der Waals surface area contributed by atoms with E-state index in [0.29, 0.717) is 17.3 Å². The van der Waals surface area contributed by atoms with Crippen molar-refractivity contribution in [1.29, 1.82) is 0 Å². The first kappa shape index (κ1) is 13.3. The van der Waals surface area contributed by atoms with Crippen LogP contribution in [-0.2, 0) is 0 Å². The maximum absolute atomic E-state index is 13.9. The van der Waals surface area contributed by atoms with Crippen molar-refractivity contribution in [1.82, 2.24) is 10.2 Å². The van der Waals surface area contributed by atoms with Gasteiger partial charge in [0.2, 0.25) is 0 Å². The smallest absolute Gasteiger partial charge is 0.172 e. The minimum Gasteiger partial charge on any atom is -0.493 e. The minimum absolute atomic E-state index is 0.207. The van der Waals surface area contributed by atoms with Crippen LogP contribution in [0.25, 0.3) is 11.3 Å². The largest absolute Gasteiger partial charge is 0.493 e. The van der Waals surface area contributed by atoms with Gasteiger partial charge in [0.25, 0.3) is 0 Å². The summed E-state index contributed by atoms with van der Waals surface area (Å²) >= 11 is 0. The summed E-state index contributed by atoms with van der Waals surface area (Å²) in [6.07, 6.45) is 2.38. The van der Waals surface area contributed by atoms with Crippen LogP contribution in [0.5, 0.6) is 5.75 Å². The van der Waals surface area contributed by atoms with Crippen molar-refractivity contribution in [3.63, 3.8) is 0 Å². The van der Waals surface area contributed by atoms with E-state index in [0.717, 1.165) is 24.6 Å². The summed E-state index contributed by atoms with van der Waals surface area (Å²) in [5.41, 5.74) is 2.30. The van der Waals surface area contributed by atoms with Crippen molar-refractivity contribution in [2.45, 2.75) is 18.9 Å². The fourth-order valence-corrected chi connectivity index (χ4v) is 3.36. The Labute approximate surface area is 128 Å². The van der Waals surface area contributed by atoms with Crippen molar-refractivity contribution < 1.29 is 9.13 Å². The number of para-hydroxylation sites is 1. The molecule has 22 heavy (non-hydrogen) atoms. The van der Waals surface area contributed by atoms with E-state index in [1.165, 1.54) is 26.0 Å². The van der Waals surface area contributed by atoms with Gasteiger partial charge < -0.3 is 15.0 Å². The third-order valence-corrected chi connectivity index (χ3v) is 4.41. The van der Waals surface area contributed by atoms with Crippen molar-refractivity contribution in [2.75, 3.05) is 30.4 Å². The molecule has 114 valence electrons. The Morgan fingerprint density at radius 1 is 1.36 bits per heavy atom. The zero-order valence-corrected chi connectivity index (χ0v) is 12.3. The van der Waals surface area contributed by atoms with E-state index in [-0.39, 0.29) is 5.75 Å². The van der Waals surface area contributed by atoms with E-state index in [1.807, 2.05) is 6.07 Å². The number of methoxy groups -OCH3 is 1. The highest BCUT2D eigenvalue weighted by molar-refractivity contribution is 5.76. The SMILES string of the molecule is COc1c(F)cccc1-c1cc2c(nn1)NCC1CCCN21. The number of anilines is 2. The van der Waals surface area contributed by atoms with Gasteiger partial charge in [-0.2, -0.15) is 0 Å². The normalized spacial score (nSPS) is 19.4. The molecule has 1 fully saturated rings. The maximum Gasteiger partial charge on any atom is 0.172 e. The summed E-state index contributed by atoms with van der Waals surface area (Å²) < 4.78 is 19.1. The van der Waals surface area contributed by atoms with Crippen molar-refractivity contribution in [3.05, 3.63) is 30.1 Å². The van der Waals surface area contributed by atoms with Crippen LogP contribution in [0.15, 0.2) is 24.3 Å². The molecular formula is C16H17FN4O. The van der Waals surface area contributed by atoms with E-state index in [2.05, 4.69) is 20.4 Å². The molecule has 3 heterocycles. The number of hydrogen-bond donors (Lipinski definition) is 1. The van der Waals surface area contributed by atoms with Crippen LogP contribution in [0.1, 0.15) is 12.8 Å². The lowest BCUT2D eigenvalue weighted by molar-refractivity contribution is 0.388. The van der Waals surface area contributed by atoms with Gasteiger partial charge in [0.15, 0.2) is 17.4 Å². The number of fused-ring (bicyclic) bond motifs is 3. The maximum atomic E-state index is 13.9. The lowest BCUT2D eigenvalue weighted by Crippen LogP contribution is -2.39. The molecule has 1 atom stereocenters. The van der Waals surface area contributed by atoms with E-state index in [9.17, 15) is 4.39 Å².